The van der Waals surface area contributed by atoms with Gasteiger partial charge < -0.3 is 14.6 Å². The maximum Gasteiger partial charge on any atom is 0.311 e. The number of hydrogen-bond acceptors (Lipinski definition) is 6. The topological polar surface area (TPSA) is 102 Å². The van der Waals surface area contributed by atoms with E-state index in [4.69, 9.17) is 14.6 Å². The van der Waals surface area contributed by atoms with Crippen molar-refractivity contribution in [1.82, 2.24) is 0 Å². The maximum absolute atomic E-state index is 11.8. The largest absolute Gasteiger partial charge is 0.481 e. The van der Waals surface area contributed by atoms with Crippen LogP contribution in [0.25, 0.3) is 0 Å². The Morgan fingerprint density at radius 1 is 1.28 bits per heavy atom. The number of carbonyl (C=O) groups excluding carboxylic acids is 2. The SMILES string of the molecule is CC1C(=O)C=CC2=Nc3ccc(OC(=O)CCCC(=O)O)cc3OC21. The lowest BCUT2D eigenvalue weighted by Crippen LogP contribution is -2.40. The van der Waals surface area contributed by atoms with Gasteiger partial charge in [-0.05, 0) is 30.7 Å². The lowest BCUT2D eigenvalue weighted by molar-refractivity contribution is -0.137. The molecule has 1 heterocycles. The molecule has 2 atom stereocenters. The van der Waals surface area contributed by atoms with Gasteiger partial charge in [0.1, 0.15) is 17.2 Å². The lowest BCUT2D eigenvalue weighted by atomic mass is 9.89. The molecule has 1 aliphatic carbocycles. The fourth-order valence-corrected chi connectivity index (χ4v) is 2.67. The van der Waals surface area contributed by atoms with Gasteiger partial charge >= 0.3 is 11.9 Å². The van der Waals surface area contributed by atoms with Gasteiger partial charge in [-0.3, -0.25) is 14.4 Å². The van der Waals surface area contributed by atoms with E-state index in [0.29, 0.717) is 22.9 Å². The zero-order valence-electron chi connectivity index (χ0n) is 13.6. The van der Waals surface area contributed by atoms with Crippen LogP contribution in [0.15, 0.2) is 35.3 Å². The molecule has 0 fully saturated rings. The Balaban J connectivity index is 1.71. The number of ketones is 1. The van der Waals surface area contributed by atoms with E-state index in [1.807, 2.05) is 0 Å². The highest BCUT2D eigenvalue weighted by molar-refractivity contribution is 6.12. The first-order valence-corrected chi connectivity index (χ1v) is 7.98. The van der Waals surface area contributed by atoms with Gasteiger partial charge in [0.05, 0.1) is 11.6 Å². The molecule has 0 bridgehead atoms. The molecular weight excluding hydrogens is 326 g/mol. The second kappa shape index (κ2) is 6.88. The van der Waals surface area contributed by atoms with Gasteiger partial charge in [0.25, 0.3) is 0 Å². The third-order valence-electron chi connectivity index (χ3n) is 4.05. The van der Waals surface area contributed by atoms with Crippen LogP contribution < -0.4 is 9.47 Å². The smallest absolute Gasteiger partial charge is 0.311 e. The van der Waals surface area contributed by atoms with Gasteiger partial charge in [0.15, 0.2) is 11.9 Å². The summed E-state index contributed by atoms with van der Waals surface area (Å²) in [5, 5.41) is 8.57. The Labute approximate surface area is 144 Å². The predicted octanol–water partition coefficient (Wildman–Crippen LogP) is 2.46. The number of carboxylic acid groups (broad SMARTS) is 1. The van der Waals surface area contributed by atoms with Crippen LogP contribution in [0.2, 0.25) is 0 Å². The van der Waals surface area contributed by atoms with Crippen molar-refractivity contribution in [2.24, 2.45) is 10.9 Å². The minimum atomic E-state index is -0.950. The fraction of sp³-hybridized carbons (Fsp3) is 0.333. The summed E-state index contributed by atoms with van der Waals surface area (Å²) in [6.07, 6.45) is 2.86. The number of aliphatic carboxylic acids is 1. The minimum Gasteiger partial charge on any atom is -0.481 e. The first-order valence-electron chi connectivity index (χ1n) is 7.98. The number of fused-ring (bicyclic) bond motifs is 2. The molecule has 7 nitrogen and oxygen atoms in total. The van der Waals surface area contributed by atoms with Crippen molar-refractivity contribution in [3.05, 3.63) is 30.4 Å². The van der Waals surface area contributed by atoms with E-state index < -0.39 is 18.0 Å². The summed E-state index contributed by atoms with van der Waals surface area (Å²) < 4.78 is 11.1. The van der Waals surface area contributed by atoms with Crippen LogP contribution >= 0.6 is 0 Å². The molecule has 7 heteroatoms. The number of rotatable bonds is 5. The Kier molecular flexibility index (Phi) is 4.65. The third-order valence-corrected chi connectivity index (χ3v) is 4.05. The van der Waals surface area contributed by atoms with Crippen molar-refractivity contribution in [3.63, 3.8) is 0 Å². The molecule has 1 aromatic rings. The zero-order chi connectivity index (χ0) is 18.0. The molecule has 2 unspecified atom stereocenters. The van der Waals surface area contributed by atoms with Crippen LogP contribution in [0.3, 0.4) is 0 Å². The van der Waals surface area contributed by atoms with Gasteiger partial charge in [-0.1, -0.05) is 6.92 Å². The molecule has 1 N–H and O–H groups in total. The Hall–Kier alpha value is -2.96. The van der Waals surface area contributed by atoms with E-state index in [2.05, 4.69) is 4.99 Å². The minimum absolute atomic E-state index is 0.0193. The van der Waals surface area contributed by atoms with Crippen molar-refractivity contribution in [2.75, 3.05) is 0 Å². The fourth-order valence-electron chi connectivity index (χ4n) is 2.67. The number of esters is 1. The molecule has 1 aliphatic heterocycles. The number of carboxylic acids is 1. The second-order valence-electron chi connectivity index (χ2n) is 5.95. The Morgan fingerprint density at radius 3 is 2.84 bits per heavy atom. The molecule has 0 saturated heterocycles. The number of ether oxygens (including phenoxy) is 2. The summed E-state index contributed by atoms with van der Waals surface area (Å²) in [6.45, 7) is 1.78. The molecule has 3 rings (SSSR count). The third kappa shape index (κ3) is 3.76. The van der Waals surface area contributed by atoms with E-state index in [9.17, 15) is 14.4 Å². The zero-order valence-corrected chi connectivity index (χ0v) is 13.6. The van der Waals surface area contributed by atoms with E-state index in [0.717, 1.165) is 0 Å². The maximum atomic E-state index is 11.8. The Morgan fingerprint density at radius 2 is 2.08 bits per heavy atom. The summed E-state index contributed by atoms with van der Waals surface area (Å²) in [4.78, 5) is 38.5. The first kappa shape index (κ1) is 16.9. The number of allylic oxidation sites excluding steroid dienone is 1. The molecule has 1 aromatic carbocycles. The van der Waals surface area contributed by atoms with Crippen LogP contribution in [-0.2, 0) is 14.4 Å². The van der Waals surface area contributed by atoms with Gasteiger partial charge in [-0.2, -0.15) is 0 Å². The molecule has 0 radical (unpaired) electrons. The molecule has 25 heavy (non-hydrogen) atoms. The normalized spacial score (nSPS) is 20.8. The van der Waals surface area contributed by atoms with Crippen LogP contribution in [0.4, 0.5) is 5.69 Å². The quantitative estimate of drug-likeness (QED) is 0.651. The van der Waals surface area contributed by atoms with Gasteiger partial charge in [0.2, 0.25) is 0 Å². The van der Waals surface area contributed by atoms with Crippen molar-refractivity contribution in [1.29, 1.82) is 0 Å². The van der Waals surface area contributed by atoms with Crippen molar-refractivity contribution < 1.29 is 29.0 Å². The molecule has 0 saturated carbocycles. The van der Waals surface area contributed by atoms with Crippen molar-refractivity contribution in [2.45, 2.75) is 32.3 Å². The lowest BCUT2D eigenvalue weighted by Gasteiger charge is -2.30. The number of benzene rings is 1. The monoisotopic (exact) mass is 343 g/mol. The first-order chi connectivity index (χ1) is 11.9. The summed E-state index contributed by atoms with van der Waals surface area (Å²) in [6, 6.07) is 4.83. The van der Waals surface area contributed by atoms with E-state index in [1.54, 1.807) is 31.2 Å². The summed E-state index contributed by atoms with van der Waals surface area (Å²) in [5.74, 6) is -1.07. The average molecular weight is 343 g/mol. The number of nitrogens with zero attached hydrogens (tertiary/aromatic N) is 1. The van der Waals surface area contributed by atoms with Crippen molar-refractivity contribution >= 4 is 29.1 Å². The summed E-state index contributed by atoms with van der Waals surface area (Å²) >= 11 is 0. The van der Waals surface area contributed by atoms with Crippen LogP contribution in [0.5, 0.6) is 11.5 Å². The number of hydrogen-bond donors (Lipinski definition) is 1. The van der Waals surface area contributed by atoms with Gasteiger partial charge in [0, 0.05) is 18.9 Å². The second-order valence-corrected chi connectivity index (χ2v) is 5.95. The highest BCUT2D eigenvalue weighted by Gasteiger charge is 2.34. The molecule has 0 aromatic heterocycles. The van der Waals surface area contributed by atoms with Crippen LogP contribution in [-0.4, -0.2) is 34.6 Å². The van der Waals surface area contributed by atoms with E-state index >= 15 is 0 Å². The Bertz CT molecular complexity index is 795. The van der Waals surface area contributed by atoms with Gasteiger partial charge in [-0.15, -0.1) is 0 Å². The molecular formula is C18H17NO6. The average Bonchev–Trinajstić information content (AvgIpc) is 2.57. The molecule has 2 aliphatic rings. The molecule has 130 valence electrons. The number of carbonyl (C=O) groups is 3. The standard InChI is InChI=1S/C18H17NO6/c1-10-14(20)8-7-13-18(10)25-15-9-11(5-6-12(15)19-13)24-17(23)4-2-3-16(21)22/h5-10,18H,2-4H2,1H3,(H,21,22). The molecule has 0 spiro atoms. The van der Waals surface area contributed by atoms with Crippen LogP contribution in [0.1, 0.15) is 26.2 Å². The summed E-state index contributed by atoms with van der Waals surface area (Å²) in [7, 11) is 0. The predicted molar refractivity (Wildman–Crippen MR) is 88.4 cm³/mol. The van der Waals surface area contributed by atoms with E-state index in [1.165, 1.54) is 6.08 Å². The number of aliphatic imine (C=N–C) groups is 1. The van der Waals surface area contributed by atoms with Crippen LogP contribution in [0, 0.1) is 5.92 Å². The van der Waals surface area contributed by atoms with E-state index in [-0.39, 0.29) is 31.0 Å². The van der Waals surface area contributed by atoms with Gasteiger partial charge in [-0.25, -0.2) is 4.99 Å². The summed E-state index contributed by atoms with van der Waals surface area (Å²) in [5.41, 5.74) is 1.29. The highest BCUT2D eigenvalue weighted by atomic mass is 16.5. The van der Waals surface area contributed by atoms with Crippen molar-refractivity contribution in [3.8, 4) is 11.5 Å². The highest BCUT2D eigenvalue weighted by Crippen LogP contribution is 2.38. The molecule has 0 amide bonds.